The Balaban J connectivity index is 1.82. The van der Waals surface area contributed by atoms with E-state index >= 15 is 0 Å². The summed E-state index contributed by atoms with van der Waals surface area (Å²) in [5, 5.41) is 3.59. The summed E-state index contributed by atoms with van der Waals surface area (Å²) in [5.74, 6) is -0.326. The molecular weight excluding hydrogens is 467 g/mol. The Morgan fingerprint density at radius 2 is 1.53 bits per heavy atom. The largest absolute Gasteiger partial charge is 0.321 e. The normalized spacial score (nSPS) is 11.2. The molecule has 0 aliphatic heterocycles. The average molecular weight is 484 g/mol. The third-order valence-corrected chi connectivity index (χ3v) is 6.53. The molecule has 1 amide bonds. The van der Waals surface area contributed by atoms with E-state index in [-0.39, 0.29) is 28.2 Å². The Morgan fingerprint density at radius 1 is 0.900 bits per heavy atom. The van der Waals surface area contributed by atoms with Gasteiger partial charge in [0.2, 0.25) is 10.0 Å². The molecule has 1 N–H and O–H groups in total. The third kappa shape index (κ3) is 5.26. The fraction of sp³-hybridized carbons (Fsp3) is 0.0952. The van der Waals surface area contributed by atoms with Crippen LogP contribution in [0.5, 0.6) is 0 Å². The van der Waals surface area contributed by atoms with Gasteiger partial charge in [0.1, 0.15) is 0 Å². The standard InChI is InChI=1S/C21H17Cl3N2O3S/c1-30(28,29)26(19-8-4-6-17(23)20(19)24)13-14-9-11-15(12-10-14)21(27)25-18-7-3-2-5-16(18)22/h2-12H,13H2,1H3,(H,25,27). The van der Waals surface area contributed by atoms with E-state index in [0.717, 1.165) is 6.26 Å². The first-order valence-electron chi connectivity index (χ1n) is 8.73. The summed E-state index contributed by atoms with van der Waals surface area (Å²) >= 11 is 18.3. The second kappa shape index (κ2) is 9.27. The number of carbonyl (C=O) groups excluding carboxylic acids is 1. The number of benzene rings is 3. The van der Waals surface area contributed by atoms with Crippen LogP contribution >= 0.6 is 34.8 Å². The van der Waals surface area contributed by atoms with Crippen LogP contribution in [0.15, 0.2) is 66.7 Å². The van der Waals surface area contributed by atoms with Gasteiger partial charge in [-0.25, -0.2) is 8.42 Å². The molecule has 0 fully saturated rings. The number of sulfonamides is 1. The van der Waals surface area contributed by atoms with Crippen molar-refractivity contribution in [3.63, 3.8) is 0 Å². The van der Waals surface area contributed by atoms with Crippen molar-refractivity contribution in [2.45, 2.75) is 6.54 Å². The molecule has 0 saturated carbocycles. The Labute approximate surface area is 190 Å². The fourth-order valence-corrected chi connectivity index (χ4v) is 4.27. The van der Waals surface area contributed by atoms with Crippen LogP contribution in [0, 0.1) is 0 Å². The highest BCUT2D eigenvalue weighted by atomic mass is 35.5. The fourth-order valence-electron chi connectivity index (χ4n) is 2.75. The number of hydrogen-bond donors (Lipinski definition) is 1. The summed E-state index contributed by atoms with van der Waals surface area (Å²) in [7, 11) is -3.63. The second-order valence-corrected chi connectivity index (χ2v) is 9.57. The summed E-state index contributed by atoms with van der Waals surface area (Å²) in [5.41, 5.74) is 1.87. The van der Waals surface area contributed by atoms with E-state index in [4.69, 9.17) is 34.8 Å². The number of halogens is 3. The zero-order valence-corrected chi connectivity index (χ0v) is 18.9. The van der Waals surface area contributed by atoms with Gasteiger partial charge in [-0.15, -0.1) is 0 Å². The van der Waals surface area contributed by atoms with Crippen LogP contribution in [-0.2, 0) is 16.6 Å². The summed E-state index contributed by atoms with van der Waals surface area (Å²) in [4.78, 5) is 12.5. The molecule has 0 aliphatic rings. The van der Waals surface area contributed by atoms with Crippen LogP contribution in [0.25, 0.3) is 0 Å². The van der Waals surface area contributed by atoms with Crippen LogP contribution in [-0.4, -0.2) is 20.6 Å². The second-order valence-electron chi connectivity index (χ2n) is 6.47. The smallest absolute Gasteiger partial charge is 0.255 e. The highest BCUT2D eigenvalue weighted by Crippen LogP contribution is 2.34. The first-order chi connectivity index (χ1) is 14.2. The highest BCUT2D eigenvalue weighted by molar-refractivity contribution is 7.92. The monoisotopic (exact) mass is 482 g/mol. The SMILES string of the molecule is CS(=O)(=O)N(Cc1ccc(C(=O)Nc2ccccc2Cl)cc1)c1cccc(Cl)c1Cl. The van der Waals surface area contributed by atoms with Gasteiger partial charge in [-0.2, -0.15) is 0 Å². The summed E-state index contributed by atoms with van der Waals surface area (Å²) in [6.07, 6.45) is 1.09. The molecule has 0 heterocycles. The van der Waals surface area contributed by atoms with Gasteiger partial charge in [-0.1, -0.05) is 65.1 Å². The van der Waals surface area contributed by atoms with Crippen molar-refractivity contribution in [3.05, 3.63) is 92.9 Å². The number of hydrogen-bond acceptors (Lipinski definition) is 3. The van der Waals surface area contributed by atoms with Crippen molar-refractivity contribution >= 4 is 62.1 Å². The third-order valence-electron chi connectivity index (χ3n) is 4.26. The van der Waals surface area contributed by atoms with Crippen molar-refractivity contribution in [1.82, 2.24) is 0 Å². The molecule has 0 aromatic heterocycles. The molecule has 3 rings (SSSR count). The van der Waals surface area contributed by atoms with Crippen LogP contribution in [0.3, 0.4) is 0 Å². The van der Waals surface area contributed by atoms with E-state index in [2.05, 4.69) is 5.32 Å². The predicted molar refractivity (Wildman–Crippen MR) is 123 cm³/mol. The maximum absolute atomic E-state index is 12.5. The minimum absolute atomic E-state index is 0.0330. The number of rotatable bonds is 6. The van der Waals surface area contributed by atoms with Crippen molar-refractivity contribution < 1.29 is 13.2 Å². The molecule has 0 radical (unpaired) electrons. The Morgan fingerprint density at radius 3 is 2.17 bits per heavy atom. The summed E-state index contributed by atoms with van der Waals surface area (Å²) in [6.45, 7) is 0.0330. The van der Waals surface area contributed by atoms with Crippen LogP contribution in [0.1, 0.15) is 15.9 Å². The van der Waals surface area contributed by atoms with Gasteiger partial charge >= 0.3 is 0 Å². The molecule has 156 valence electrons. The molecule has 3 aromatic carbocycles. The van der Waals surface area contributed by atoms with E-state index in [0.29, 0.717) is 21.8 Å². The van der Waals surface area contributed by atoms with Gasteiger partial charge in [-0.05, 0) is 42.0 Å². The maximum atomic E-state index is 12.5. The number of anilines is 2. The minimum Gasteiger partial charge on any atom is -0.321 e. The van der Waals surface area contributed by atoms with Gasteiger partial charge in [0, 0.05) is 5.56 Å². The molecule has 3 aromatic rings. The Hall–Kier alpha value is -2.25. The van der Waals surface area contributed by atoms with E-state index in [1.165, 1.54) is 4.31 Å². The van der Waals surface area contributed by atoms with Crippen LogP contribution < -0.4 is 9.62 Å². The highest BCUT2D eigenvalue weighted by Gasteiger charge is 2.21. The van der Waals surface area contributed by atoms with Crippen LogP contribution in [0.2, 0.25) is 15.1 Å². The van der Waals surface area contributed by atoms with Crippen LogP contribution in [0.4, 0.5) is 11.4 Å². The van der Waals surface area contributed by atoms with Gasteiger partial charge in [0.05, 0.1) is 39.2 Å². The minimum atomic E-state index is -3.63. The molecular formula is C21H17Cl3N2O3S. The lowest BCUT2D eigenvalue weighted by atomic mass is 10.1. The predicted octanol–water partition coefficient (Wildman–Crippen LogP) is 5.87. The maximum Gasteiger partial charge on any atom is 0.255 e. The van der Waals surface area contributed by atoms with E-state index in [9.17, 15) is 13.2 Å². The first kappa shape index (κ1) is 22.4. The molecule has 0 atom stereocenters. The lowest BCUT2D eigenvalue weighted by Crippen LogP contribution is -2.29. The van der Waals surface area contributed by atoms with Gasteiger partial charge in [-0.3, -0.25) is 9.10 Å². The number of nitrogens with zero attached hydrogens (tertiary/aromatic N) is 1. The average Bonchev–Trinajstić information content (AvgIpc) is 2.70. The molecule has 0 unspecified atom stereocenters. The topological polar surface area (TPSA) is 66.5 Å². The lowest BCUT2D eigenvalue weighted by molar-refractivity contribution is 0.102. The van der Waals surface area contributed by atoms with E-state index < -0.39 is 10.0 Å². The van der Waals surface area contributed by atoms with Gasteiger partial charge < -0.3 is 5.32 Å². The summed E-state index contributed by atoms with van der Waals surface area (Å²) < 4.78 is 25.9. The molecule has 0 bridgehead atoms. The van der Waals surface area contributed by atoms with E-state index in [1.807, 2.05) is 0 Å². The van der Waals surface area contributed by atoms with Crippen molar-refractivity contribution in [2.24, 2.45) is 0 Å². The van der Waals surface area contributed by atoms with Crippen molar-refractivity contribution in [1.29, 1.82) is 0 Å². The number of amides is 1. The molecule has 9 heteroatoms. The van der Waals surface area contributed by atoms with Gasteiger partial charge in [0.15, 0.2) is 0 Å². The molecule has 0 saturated heterocycles. The van der Waals surface area contributed by atoms with Crippen molar-refractivity contribution in [3.8, 4) is 0 Å². The number of para-hydroxylation sites is 1. The first-order valence-corrected chi connectivity index (χ1v) is 11.7. The Kier molecular flexibility index (Phi) is 6.93. The number of nitrogens with one attached hydrogen (secondary N) is 1. The quantitative estimate of drug-likeness (QED) is 0.477. The summed E-state index contributed by atoms with van der Waals surface area (Å²) in [6, 6.07) is 18.3. The van der Waals surface area contributed by atoms with E-state index in [1.54, 1.807) is 66.7 Å². The zero-order chi connectivity index (χ0) is 21.9. The molecule has 0 aliphatic carbocycles. The Bertz CT molecular complexity index is 1180. The zero-order valence-electron chi connectivity index (χ0n) is 15.8. The number of carbonyl (C=O) groups is 1. The van der Waals surface area contributed by atoms with Gasteiger partial charge in [0.25, 0.3) is 5.91 Å². The molecule has 5 nitrogen and oxygen atoms in total. The van der Waals surface area contributed by atoms with Crippen molar-refractivity contribution in [2.75, 3.05) is 15.9 Å². The molecule has 30 heavy (non-hydrogen) atoms. The molecule has 0 spiro atoms. The lowest BCUT2D eigenvalue weighted by Gasteiger charge is -2.24.